The highest BCUT2D eigenvalue weighted by molar-refractivity contribution is 5.94. The zero-order chi connectivity index (χ0) is 21.3. The zero-order valence-corrected chi connectivity index (χ0v) is 18.7. The lowest BCUT2D eigenvalue weighted by atomic mass is 9.98. The van der Waals surface area contributed by atoms with E-state index in [4.69, 9.17) is 4.98 Å². The van der Waals surface area contributed by atoms with Gasteiger partial charge in [-0.05, 0) is 57.0 Å². The third-order valence-corrected chi connectivity index (χ3v) is 6.44. The van der Waals surface area contributed by atoms with Crippen molar-refractivity contribution in [2.45, 2.75) is 40.7 Å². The third kappa shape index (κ3) is 3.97. The summed E-state index contributed by atoms with van der Waals surface area (Å²) in [5.41, 5.74) is 4.82. The van der Waals surface area contributed by atoms with E-state index in [1.54, 1.807) is 0 Å². The van der Waals surface area contributed by atoms with Crippen molar-refractivity contribution in [2.75, 3.05) is 42.9 Å². The lowest BCUT2D eigenvalue weighted by Gasteiger charge is -2.34. The third-order valence-electron chi connectivity index (χ3n) is 6.44. The predicted molar refractivity (Wildman–Crippen MR) is 124 cm³/mol. The van der Waals surface area contributed by atoms with Gasteiger partial charge in [-0.25, -0.2) is 4.98 Å². The Labute approximate surface area is 179 Å². The van der Waals surface area contributed by atoms with Crippen LogP contribution < -0.4 is 10.2 Å². The van der Waals surface area contributed by atoms with Gasteiger partial charge >= 0.3 is 0 Å². The van der Waals surface area contributed by atoms with Crippen LogP contribution in [0.2, 0.25) is 0 Å². The Balaban J connectivity index is 1.66. The van der Waals surface area contributed by atoms with Crippen LogP contribution in [0.3, 0.4) is 0 Å². The van der Waals surface area contributed by atoms with Crippen LogP contribution in [0, 0.1) is 20.8 Å². The smallest absolute Gasteiger partial charge is 0.157 e. The van der Waals surface area contributed by atoms with E-state index >= 15 is 0 Å². The normalized spacial score (nSPS) is 16.1. The number of benzene rings is 1. The van der Waals surface area contributed by atoms with Gasteiger partial charge in [-0.3, -0.25) is 0 Å². The number of pyridine rings is 1. The monoisotopic (exact) mass is 404 g/mol. The van der Waals surface area contributed by atoms with Gasteiger partial charge in [0, 0.05) is 43.1 Å². The maximum atomic E-state index is 4.76. The largest absolute Gasteiger partial charge is 0.362 e. The molecule has 158 valence electrons. The molecule has 3 aromatic rings. The number of fused-ring (bicyclic) bond motifs is 1. The van der Waals surface area contributed by atoms with Crippen molar-refractivity contribution in [3.05, 3.63) is 52.8 Å². The summed E-state index contributed by atoms with van der Waals surface area (Å²) in [5, 5.41) is 14.7. The number of anilines is 2. The highest BCUT2D eigenvalue weighted by Gasteiger charge is 2.19. The summed E-state index contributed by atoms with van der Waals surface area (Å²) in [6.45, 7) is 16.0. The Morgan fingerprint density at radius 3 is 2.53 bits per heavy atom. The molecule has 0 bridgehead atoms. The summed E-state index contributed by atoms with van der Waals surface area (Å²) in [6.07, 6.45) is 1.95. The van der Waals surface area contributed by atoms with E-state index in [1.807, 2.05) is 13.1 Å². The van der Waals surface area contributed by atoms with Crippen molar-refractivity contribution in [3.63, 3.8) is 0 Å². The summed E-state index contributed by atoms with van der Waals surface area (Å²) in [4.78, 5) is 9.61. The van der Waals surface area contributed by atoms with Gasteiger partial charge in [0.1, 0.15) is 5.82 Å². The van der Waals surface area contributed by atoms with Crippen LogP contribution in [0.1, 0.15) is 42.3 Å². The van der Waals surface area contributed by atoms with Crippen molar-refractivity contribution in [1.82, 2.24) is 20.1 Å². The SMILES string of the molecule is CCN1CCN(c2cc3c(N[C@H](C)c4cccc(C)c4C)nnc(C)c3cn2)CC1. The average Bonchev–Trinajstić information content (AvgIpc) is 2.77. The Kier molecular flexibility index (Phi) is 5.86. The molecule has 1 aromatic carbocycles. The second kappa shape index (κ2) is 8.56. The zero-order valence-electron chi connectivity index (χ0n) is 18.7. The molecule has 30 heavy (non-hydrogen) atoms. The van der Waals surface area contributed by atoms with Crippen LogP contribution in [0.5, 0.6) is 0 Å². The van der Waals surface area contributed by atoms with Crippen LogP contribution in [0.25, 0.3) is 10.8 Å². The van der Waals surface area contributed by atoms with Crippen molar-refractivity contribution in [1.29, 1.82) is 0 Å². The Morgan fingerprint density at radius 2 is 1.80 bits per heavy atom. The molecule has 0 spiro atoms. The average molecular weight is 405 g/mol. The molecule has 1 aliphatic heterocycles. The van der Waals surface area contributed by atoms with Gasteiger partial charge in [-0.2, -0.15) is 5.10 Å². The highest BCUT2D eigenvalue weighted by Crippen LogP contribution is 2.30. The summed E-state index contributed by atoms with van der Waals surface area (Å²) in [5.74, 6) is 1.84. The first kappa shape index (κ1) is 20.5. The number of piperazine rings is 1. The lowest BCUT2D eigenvalue weighted by Crippen LogP contribution is -2.46. The minimum Gasteiger partial charge on any atom is -0.362 e. The van der Waals surface area contributed by atoms with Crippen LogP contribution >= 0.6 is 0 Å². The molecule has 3 heterocycles. The molecule has 0 aliphatic carbocycles. The molecule has 6 heteroatoms. The van der Waals surface area contributed by atoms with Crippen LogP contribution in [-0.4, -0.2) is 52.8 Å². The second-order valence-electron chi connectivity index (χ2n) is 8.30. The molecular formula is C24H32N6. The van der Waals surface area contributed by atoms with Gasteiger partial charge in [-0.15, -0.1) is 5.10 Å². The Bertz CT molecular complexity index is 1040. The molecule has 0 unspecified atom stereocenters. The first-order valence-corrected chi connectivity index (χ1v) is 10.9. The van der Waals surface area contributed by atoms with E-state index in [2.05, 4.69) is 77.3 Å². The number of hydrogen-bond donors (Lipinski definition) is 1. The summed E-state index contributed by atoms with van der Waals surface area (Å²) in [7, 11) is 0. The molecule has 6 nitrogen and oxygen atoms in total. The van der Waals surface area contributed by atoms with Gasteiger partial charge in [-0.1, -0.05) is 25.1 Å². The maximum Gasteiger partial charge on any atom is 0.157 e. The van der Waals surface area contributed by atoms with E-state index < -0.39 is 0 Å². The number of aromatic nitrogens is 3. The minimum atomic E-state index is 0.134. The number of aryl methyl sites for hydroxylation is 2. The number of likely N-dealkylation sites (N-methyl/N-ethyl adjacent to an activating group) is 1. The van der Waals surface area contributed by atoms with Crippen molar-refractivity contribution in [2.24, 2.45) is 0 Å². The fourth-order valence-electron chi connectivity index (χ4n) is 4.26. The van der Waals surface area contributed by atoms with Gasteiger partial charge in [0.05, 0.1) is 11.7 Å². The molecule has 1 fully saturated rings. The molecular weight excluding hydrogens is 372 g/mol. The van der Waals surface area contributed by atoms with Gasteiger partial charge in [0.2, 0.25) is 0 Å². The fourth-order valence-corrected chi connectivity index (χ4v) is 4.26. The summed E-state index contributed by atoms with van der Waals surface area (Å²) >= 11 is 0. The van der Waals surface area contributed by atoms with Crippen molar-refractivity contribution >= 4 is 22.4 Å². The molecule has 0 radical (unpaired) electrons. The lowest BCUT2D eigenvalue weighted by molar-refractivity contribution is 0.270. The van der Waals surface area contributed by atoms with Crippen molar-refractivity contribution in [3.8, 4) is 0 Å². The standard InChI is InChI=1S/C24H32N6/c1-6-29-10-12-30(13-11-29)23-14-21-22(15-25-23)19(5)27-28-24(21)26-18(4)20-9-7-8-16(2)17(20)3/h7-9,14-15,18H,6,10-13H2,1-5H3,(H,26,28)/t18-/m1/s1. The highest BCUT2D eigenvalue weighted by atomic mass is 15.3. The quantitative estimate of drug-likeness (QED) is 0.686. The first-order valence-electron chi connectivity index (χ1n) is 10.9. The van der Waals surface area contributed by atoms with Crippen LogP contribution in [0.15, 0.2) is 30.5 Å². The minimum absolute atomic E-state index is 0.134. The summed E-state index contributed by atoms with van der Waals surface area (Å²) < 4.78 is 0. The molecule has 1 aliphatic rings. The number of nitrogens with zero attached hydrogens (tertiary/aromatic N) is 5. The number of hydrogen-bond acceptors (Lipinski definition) is 6. The van der Waals surface area contributed by atoms with E-state index in [1.165, 1.54) is 16.7 Å². The predicted octanol–water partition coefficient (Wildman–Crippen LogP) is 4.27. The number of rotatable bonds is 5. The van der Waals surface area contributed by atoms with E-state index in [0.29, 0.717) is 0 Å². The molecule has 1 N–H and O–H groups in total. The van der Waals surface area contributed by atoms with Crippen LogP contribution in [-0.2, 0) is 0 Å². The fraction of sp³-hybridized carbons (Fsp3) is 0.458. The van der Waals surface area contributed by atoms with Crippen LogP contribution in [0.4, 0.5) is 11.6 Å². The van der Waals surface area contributed by atoms with Gasteiger partial charge < -0.3 is 15.1 Å². The maximum absolute atomic E-state index is 4.76. The molecule has 1 saturated heterocycles. The molecule has 4 rings (SSSR count). The summed E-state index contributed by atoms with van der Waals surface area (Å²) in [6, 6.07) is 8.77. The van der Waals surface area contributed by atoms with Gasteiger partial charge in [0.25, 0.3) is 0 Å². The van der Waals surface area contributed by atoms with Crippen molar-refractivity contribution < 1.29 is 0 Å². The van der Waals surface area contributed by atoms with E-state index in [0.717, 1.165) is 60.8 Å². The topological polar surface area (TPSA) is 57.2 Å². The van der Waals surface area contributed by atoms with E-state index in [-0.39, 0.29) is 6.04 Å². The Hall–Kier alpha value is -2.73. The van der Waals surface area contributed by atoms with E-state index in [9.17, 15) is 0 Å². The van der Waals surface area contributed by atoms with Gasteiger partial charge in [0.15, 0.2) is 5.82 Å². The molecule has 2 aromatic heterocycles. The number of nitrogens with one attached hydrogen (secondary N) is 1. The molecule has 1 atom stereocenters. The Morgan fingerprint density at radius 1 is 1.03 bits per heavy atom. The second-order valence-corrected chi connectivity index (χ2v) is 8.30. The molecule has 0 saturated carbocycles. The first-order chi connectivity index (χ1) is 14.5. The molecule has 0 amide bonds.